The van der Waals surface area contributed by atoms with E-state index in [1.54, 1.807) is 6.08 Å². The van der Waals surface area contributed by atoms with Crippen molar-refractivity contribution in [3.63, 3.8) is 0 Å². The minimum Gasteiger partial charge on any atom is -0.478 e. The summed E-state index contributed by atoms with van der Waals surface area (Å²) in [5, 5.41) is 9.20. The highest BCUT2D eigenvalue weighted by Crippen LogP contribution is 2.44. The van der Waals surface area contributed by atoms with E-state index in [1.807, 2.05) is 12.1 Å². The fourth-order valence-corrected chi connectivity index (χ4v) is 4.76. The van der Waals surface area contributed by atoms with Gasteiger partial charge >= 0.3 is 11.9 Å². The first-order chi connectivity index (χ1) is 14.6. The molecule has 0 amide bonds. The van der Waals surface area contributed by atoms with Crippen molar-refractivity contribution >= 4 is 18.0 Å². The van der Waals surface area contributed by atoms with Gasteiger partial charge in [0.1, 0.15) is 5.75 Å². The lowest BCUT2D eigenvalue weighted by atomic mass is 9.78. The smallest absolute Gasteiger partial charge is 0.335 e. The molecule has 0 heterocycles. The molecule has 2 aliphatic rings. The van der Waals surface area contributed by atoms with E-state index < -0.39 is 11.9 Å². The largest absolute Gasteiger partial charge is 0.478 e. The van der Waals surface area contributed by atoms with E-state index in [4.69, 9.17) is 4.74 Å². The van der Waals surface area contributed by atoms with Crippen LogP contribution >= 0.6 is 0 Å². The molecule has 2 aromatic carbocycles. The fraction of sp³-hybridized carbons (Fsp3) is 0.308. The number of esters is 1. The van der Waals surface area contributed by atoms with Crippen LogP contribution < -0.4 is 4.74 Å². The molecule has 0 aliphatic heterocycles. The van der Waals surface area contributed by atoms with Crippen LogP contribution in [0.4, 0.5) is 0 Å². The summed E-state index contributed by atoms with van der Waals surface area (Å²) in [7, 11) is 0. The number of hydrogen-bond donors (Lipinski definition) is 1. The zero-order chi connectivity index (χ0) is 21.1. The molecule has 0 fully saturated rings. The Morgan fingerprint density at radius 3 is 2.10 bits per heavy atom. The fourth-order valence-electron chi connectivity index (χ4n) is 4.76. The molecular formula is C26H26O4. The number of carboxylic acid groups (broad SMARTS) is 1. The molecule has 154 valence electrons. The normalized spacial score (nSPS) is 15.3. The summed E-state index contributed by atoms with van der Waals surface area (Å²) >= 11 is 0. The molecule has 2 aliphatic carbocycles. The molecule has 0 spiro atoms. The average molecular weight is 402 g/mol. The molecule has 30 heavy (non-hydrogen) atoms. The quantitative estimate of drug-likeness (QED) is 0.419. The SMILES string of the molecule is C=CC(=O)Oc1ccc2c(c1-c1c(C=CC(=O)O)ccc3c1CCCC3)CCCC2. The van der Waals surface area contributed by atoms with E-state index in [9.17, 15) is 14.7 Å². The van der Waals surface area contributed by atoms with Gasteiger partial charge in [-0.15, -0.1) is 0 Å². The van der Waals surface area contributed by atoms with E-state index >= 15 is 0 Å². The van der Waals surface area contributed by atoms with Crippen LogP contribution in [0.2, 0.25) is 0 Å². The molecule has 2 aromatic rings. The van der Waals surface area contributed by atoms with Gasteiger partial charge in [-0.25, -0.2) is 9.59 Å². The third-order valence-electron chi connectivity index (χ3n) is 6.09. The van der Waals surface area contributed by atoms with Gasteiger partial charge < -0.3 is 9.84 Å². The van der Waals surface area contributed by atoms with E-state index in [0.717, 1.165) is 68.1 Å². The summed E-state index contributed by atoms with van der Waals surface area (Å²) in [6.07, 6.45) is 12.4. The molecule has 0 unspecified atom stereocenters. The van der Waals surface area contributed by atoms with Gasteiger partial charge in [0.2, 0.25) is 0 Å². The number of hydrogen-bond acceptors (Lipinski definition) is 3. The lowest BCUT2D eigenvalue weighted by molar-refractivity contribution is -0.131. The Kier molecular flexibility index (Phi) is 5.84. The summed E-state index contributed by atoms with van der Waals surface area (Å²) in [6, 6.07) is 8.06. The molecule has 0 atom stereocenters. The van der Waals surface area contributed by atoms with Gasteiger partial charge in [0.05, 0.1) is 0 Å². The van der Waals surface area contributed by atoms with E-state index in [0.29, 0.717) is 5.75 Å². The molecule has 4 rings (SSSR count). The standard InChI is InChI=1S/C26H26O4/c1-2-24(29)30-22-15-13-18-8-4-6-10-21(18)26(22)25-19(14-16-23(27)28)12-11-17-7-3-5-9-20(17)25/h2,11-16H,1,3-10H2,(H,27,28). The average Bonchev–Trinajstić information content (AvgIpc) is 2.77. The highest BCUT2D eigenvalue weighted by Gasteiger charge is 2.25. The van der Waals surface area contributed by atoms with Crippen LogP contribution in [0.3, 0.4) is 0 Å². The molecule has 0 bridgehead atoms. The number of fused-ring (bicyclic) bond motifs is 2. The van der Waals surface area contributed by atoms with Crippen molar-refractivity contribution in [2.75, 3.05) is 0 Å². The molecule has 4 heteroatoms. The van der Waals surface area contributed by atoms with Crippen molar-refractivity contribution in [1.29, 1.82) is 0 Å². The third-order valence-corrected chi connectivity index (χ3v) is 6.09. The number of carbonyl (C=O) groups excluding carboxylic acids is 1. The van der Waals surface area contributed by atoms with Gasteiger partial charge in [-0.05, 0) is 96.9 Å². The zero-order valence-corrected chi connectivity index (χ0v) is 17.1. The number of carboxylic acids is 1. The van der Waals surface area contributed by atoms with Crippen LogP contribution in [-0.4, -0.2) is 17.0 Å². The Bertz CT molecular complexity index is 1050. The van der Waals surface area contributed by atoms with E-state index in [1.165, 1.54) is 34.4 Å². The molecule has 0 saturated heterocycles. The Hall–Kier alpha value is -3.14. The minimum absolute atomic E-state index is 0.487. The Balaban J connectivity index is 2.01. The van der Waals surface area contributed by atoms with Crippen molar-refractivity contribution in [2.45, 2.75) is 51.4 Å². The van der Waals surface area contributed by atoms with Crippen LogP contribution in [0, 0.1) is 0 Å². The van der Waals surface area contributed by atoms with Crippen molar-refractivity contribution in [3.05, 3.63) is 70.8 Å². The van der Waals surface area contributed by atoms with Crippen molar-refractivity contribution in [1.82, 2.24) is 0 Å². The number of carbonyl (C=O) groups is 2. The first kappa shape index (κ1) is 20.1. The molecule has 0 radical (unpaired) electrons. The highest BCUT2D eigenvalue weighted by molar-refractivity contribution is 5.92. The van der Waals surface area contributed by atoms with Gasteiger partial charge in [-0.1, -0.05) is 24.8 Å². The van der Waals surface area contributed by atoms with Crippen LogP contribution in [0.25, 0.3) is 17.2 Å². The van der Waals surface area contributed by atoms with Gasteiger partial charge in [-0.3, -0.25) is 0 Å². The van der Waals surface area contributed by atoms with E-state index in [2.05, 4.69) is 18.7 Å². The molecular weight excluding hydrogens is 376 g/mol. The van der Waals surface area contributed by atoms with E-state index in [-0.39, 0.29) is 0 Å². The maximum absolute atomic E-state index is 12.1. The molecule has 1 N–H and O–H groups in total. The summed E-state index contributed by atoms with van der Waals surface area (Å²) in [5.74, 6) is -0.934. The number of benzene rings is 2. The maximum atomic E-state index is 12.1. The van der Waals surface area contributed by atoms with Crippen LogP contribution in [0.5, 0.6) is 5.75 Å². The number of aliphatic carboxylic acids is 1. The first-order valence-electron chi connectivity index (χ1n) is 10.6. The highest BCUT2D eigenvalue weighted by atomic mass is 16.5. The van der Waals surface area contributed by atoms with Gasteiger partial charge in [0.15, 0.2) is 0 Å². The Morgan fingerprint density at radius 1 is 0.867 bits per heavy atom. The Labute approximate surface area is 176 Å². The zero-order valence-electron chi connectivity index (χ0n) is 17.1. The maximum Gasteiger partial charge on any atom is 0.335 e. The van der Waals surface area contributed by atoms with Crippen molar-refractivity contribution in [2.24, 2.45) is 0 Å². The van der Waals surface area contributed by atoms with Crippen LogP contribution in [-0.2, 0) is 35.3 Å². The second-order valence-corrected chi connectivity index (χ2v) is 7.95. The summed E-state index contributed by atoms with van der Waals surface area (Å²) in [4.78, 5) is 23.3. The molecule has 4 nitrogen and oxygen atoms in total. The lowest BCUT2D eigenvalue weighted by Crippen LogP contribution is -2.12. The van der Waals surface area contributed by atoms with Crippen LogP contribution in [0.15, 0.2) is 43.0 Å². The monoisotopic (exact) mass is 402 g/mol. The summed E-state index contributed by atoms with van der Waals surface area (Å²) < 4.78 is 5.69. The first-order valence-corrected chi connectivity index (χ1v) is 10.6. The number of aryl methyl sites for hydroxylation is 2. The van der Waals surface area contributed by atoms with Gasteiger partial charge in [0, 0.05) is 17.7 Å². The molecule has 0 aromatic heterocycles. The number of ether oxygens (including phenoxy) is 1. The second kappa shape index (κ2) is 8.70. The minimum atomic E-state index is -0.980. The third kappa shape index (κ3) is 3.95. The van der Waals surface area contributed by atoms with Gasteiger partial charge in [-0.2, -0.15) is 0 Å². The predicted molar refractivity (Wildman–Crippen MR) is 118 cm³/mol. The topological polar surface area (TPSA) is 63.6 Å². The predicted octanol–water partition coefficient (Wildman–Crippen LogP) is 5.30. The lowest BCUT2D eigenvalue weighted by Gasteiger charge is -2.27. The summed E-state index contributed by atoms with van der Waals surface area (Å²) in [6.45, 7) is 3.53. The molecule has 0 saturated carbocycles. The van der Waals surface area contributed by atoms with Crippen molar-refractivity contribution < 1.29 is 19.4 Å². The second-order valence-electron chi connectivity index (χ2n) is 7.95. The van der Waals surface area contributed by atoms with Crippen molar-refractivity contribution in [3.8, 4) is 16.9 Å². The van der Waals surface area contributed by atoms with Gasteiger partial charge in [0.25, 0.3) is 0 Å². The van der Waals surface area contributed by atoms with Crippen LogP contribution in [0.1, 0.15) is 53.5 Å². The summed E-state index contributed by atoms with van der Waals surface area (Å²) in [5.41, 5.74) is 7.90. The Morgan fingerprint density at radius 2 is 1.47 bits per heavy atom. The number of rotatable bonds is 5.